The SMILES string of the molecule is Cc1ccccc1NC(=O)NC1CC2CCC(C1)N2Cc1ccc(F)cc1. The molecule has 2 aliphatic heterocycles. The zero-order valence-electron chi connectivity index (χ0n) is 15.6. The van der Waals surface area contributed by atoms with Crippen LogP contribution in [0.15, 0.2) is 48.5 Å². The largest absolute Gasteiger partial charge is 0.335 e. The van der Waals surface area contributed by atoms with E-state index in [0.29, 0.717) is 12.1 Å². The summed E-state index contributed by atoms with van der Waals surface area (Å²) in [5.41, 5.74) is 3.06. The lowest BCUT2D eigenvalue weighted by Gasteiger charge is -2.39. The van der Waals surface area contributed by atoms with E-state index in [1.807, 2.05) is 43.3 Å². The van der Waals surface area contributed by atoms with E-state index in [1.54, 1.807) is 0 Å². The van der Waals surface area contributed by atoms with Crippen molar-refractivity contribution in [2.75, 3.05) is 5.32 Å². The molecule has 2 N–H and O–H groups in total. The molecule has 0 radical (unpaired) electrons. The van der Waals surface area contributed by atoms with E-state index in [9.17, 15) is 9.18 Å². The van der Waals surface area contributed by atoms with Crippen LogP contribution in [0.3, 0.4) is 0 Å². The number of hydrogen-bond acceptors (Lipinski definition) is 2. The fourth-order valence-corrected chi connectivity index (χ4v) is 4.51. The topological polar surface area (TPSA) is 44.4 Å². The number of nitrogens with zero attached hydrogens (tertiary/aromatic N) is 1. The molecule has 2 saturated heterocycles. The van der Waals surface area contributed by atoms with Crippen LogP contribution in [0.25, 0.3) is 0 Å². The Hall–Kier alpha value is -2.40. The molecule has 0 aliphatic carbocycles. The van der Waals surface area contributed by atoms with Crippen molar-refractivity contribution in [2.24, 2.45) is 0 Å². The van der Waals surface area contributed by atoms with Gasteiger partial charge in [-0.25, -0.2) is 9.18 Å². The number of nitrogens with one attached hydrogen (secondary N) is 2. The molecule has 4 rings (SSSR count). The highest BCUT2D eigenvalue weighted by Crippen LogP contribution is 2.36. The third-order valence-electron chi connectivity index (χ3n) is 5.89. The minimum atomic E-state index is -0.190. The first-order chi connectivity index (χ1) is 13.1. The molecule has 2 bridgehead atoms. The highest BCUT2D eigenvalue weighted by molar-refractivity contribution is 5.90. The summed E-state index contributed by atoms with van der Waals surface area (Å²) < 4.78 is 13.1. The maximum Gasteiger partial charge on any atom is 0.319 e. The molecule has 0 aromatic heterocycles. The van der Waals surface area contributed by atoms with Gasteiger partial charge in [-0.15, -0.1) is 0 Å². The average molecular weight is 367 g/mol. The van der Waals surface area contributed by atoms with Gasteiger partial charge < -0.3 is 10.6 Å². The van der Waals surface area contributed by atoms with Crippen LogP contribution in [0, 0.1) is 12.7 Å². The first-order valence-electron chi connectivity index (χ1n) is 9.72. The monoisotopic (exact) mass is 367 g/mol. The Morgan fingerprint density at radius 1 is 1.07 bits per heavy atom. The normalized spacial score (nSPS) is 24.6. The van der Waals surface area contributed by atoms with E-state index in [0.717, 1.165) is 36.2 Å². The summed E-state index contributed by atoms with van der Waals surface area (Å²) in [6.07, 6.45) is 4.28. The van der Waals surface area contributed by atoms with Gasteiger partial charge in [0.25, 0.3) is 0 Å². The quantitative estimate of drug-likeness (QED) is 0.838. The van der Waals surface area contributed by atoms with E-state index in [-0.39, 0.29) is 17.9 Å². The van der Waals surface area contributed by atoms with Crippen molar-refractivity contribution in [3.8, 4) is 0 Å². The fraction of sp³-hybridized carbons (Fsp3) is 0.409. The Labute approximate surface area is 159 Å². The molecule has 2 aliphatic rings. The number of carbonyl (C=O) groups is 1. The third kappa shape index (κ3) is 4.14. The number of halogens is 1. The Morgan fingerprint density at radius 2 is 1.74 bits per heavy atom. The van der Waals surface area contributed by atoms with Crippen LogP contribution in [0.1, 0.15) is 36.8 Å². The maximum absolute atomic E-state index is 13.1. The molecule has 2 fully saturated rings. The van der Waals surface area contributed by atoms with Crippen LogP contribution in [0.4, 0.5) is 14.9 Å². The summed E-state index contributed by atoms with van der Waals surface area (Å²) in [7, 11) is 0. The highest BCUT2D eigenvalue weighted by atomic mass is 19.1. The van der Waals surface area contributed by atoms with Crippen molar-refractivity contribution in [2.45, 2.75) is 57.3 Å². The lowest BCUT2D eigenvalue weighted by atomic mass is 9.96. The number of anilines is 1. The van der Waals surface area contributed by atoms with Crippen molar-refractivity contribution in [1.29, 1.82) is 0 Å². The summed E-state index contributed by atoms with van der Waals surface area (Å²) in [5, 5.41) is 6.13. The molecule has 2 aromatic carbocycles. The molecule has 0 spiro atoms. The lowest BCUT2D eigenvalue weighted by molar-refractivity contribution is 0.112. The highest BCUT2D eigenvalue weighted by Gasteiger charge is 2.40. The molecule has 2 amide bonds. The van der Waals surface area contributed by atoms with Crippen molar-refractivity contribution in [3.05, 3.63) is 65.5 Å². The van der Waals surface area contributed by atoms with Crippen LogP contribution >= 0.6 is 0 Å². The first kappa shape index (κ1) is 18.0. The molecule has 27 heavy (non-hydrogen) atoms. The maximum atomic E-state index is 13.1. The zero-order valence-corrected chi connectivity index (χ0v) is 15.6. The molecule has 2 heterocycles. The van der Waals surface area contributed by atoms with E-state index in [1.165, 1.54) is 25.0 Å². The van der Waals surface area contributed by atoms with E-state index < -0.39 is 0 Å². The molecular weight excluding hydrogens is 341 g/mol. The summed E-state index contributed by atoms with van der Waals surface area (Å²) in [5.74, 6) is -0.190. The van der Waals surface area contributed by atoms with E-state index >= 15 is 0 Å². The van der Waals surface area contributed by atoms with Crippen LogP contribution in [0.5, 0.6) is 0 Å². The minimum Gasteiger partial charge on any atom is -0.335 e. The minimum absolute atomic E-state index is 0.124. The molecule has 4 nitrogen and oxygen atoms in total. The van der Waals surface area contributed by atoms with Crippen LogP contribution < -0.4 is 10.6 Å². The summed E-state index contributed by atoms with van der Waals surface area (Å²) >= 11 is 0. The Balaban J connectivity index is 1.33. The van der Waals surface area contributed by atoms with E-state index in [4.69, 9.17) is 0 Å². The van der Waals surface area contributed by atoms with Gasteiger partial charge in [-0.2, -0.15) is 0 Å². The second-order valence-electron chi connectivity index (χ2n) is 7.77. The van der Waals surface area contributed by atoms with Crippen molar-refractivity contribution in [3.63, 3.8) is 0 Å². The average Bonchev–Trinajstić information content (AvgIpc) is 2.87. The Morgan fingerprint density at radius 3 is 2.41 bits per heavy atom. The van der Waals surface area contributed by atoms with Gasteiger partial charge in [0, 0.05) is 30.4 Å². The smallest absolute Gasteiger partial charge is 0.319 e. The van der Waals surface area contributed by atoms with Gasteiger partial charge in [0.2, 0.25) is 0 Å². The molecule has 2 aromatic rings. The van der Waals surface area contributed by atoms with Crippen LogP contribution in [0.2, 0.25) is 0 Å². The second-order valence-corrected chi connectivity index (χ2v) is 7.77. The summed E-state index contributed by atoms with van der Waals surface area (Å²) in [6.45, 7) is 2.85. The molecular formula is C22H26FN3O. The number of piperidine rings is 1. The standard InChI is InChI=1S/C22H26FN3O/c1-15-4-2-3-5-21(15)25-22(27)24-18-12-19-10-11-20(13-18)26(19)14-16-6-8-17(23)9-7-16/h2-9,18-20H,10-14H2,1H3,(H2,24,25,27). The van der Waals surface area contributed by atoms with Gasteiger partial charge in [-0.1, -0.05) is 30.3 Å². The Kier molecular flexibility index (Phi) is 5.12. The fourth-order valence-electron chi connectivity index (χ4n) is 4.51. The second kappa shape index (κ2) is 7.69. The van der Waals surface area contributed by atoms with Crippen LogP contribution in [-0.2, 0) is 6.54 Å². The predicted octanol–water partition coefficient (Wildman–Crippen LogP) is 4.45. The summed E-state index contributed by atoms with van der Waals surface area (Å²) in [4.78, 5) is 14.9. The Bertz CT molecular complexity index is 793. The van der Waals surface area contributed by atoms with Gasteiger partial charge in [0.1, 0.15) is 5.82 Å². The number of para-hydroxylation sites is 1. The predicted molar refractivity (Wildman–Crippen MR) is 105 cm³/mol. The van der Waals surface area contributed by atoms with Gasteiger partial charge in [0.05, 0.1) is 0 Å². The van der Waals surface area contributed by atoms with Crippen molar-refractivity contribution < 1.29 is 9.18 Å². The summed E-state index contributed by atoms with van der Waals surface area (Å²) in [6, 6.07) is 15.6. The van der Waals surface area contributed by atoms with Crippen molar-refractivity contribution in [1.82, 2.24) is 10.2 Å². The first-order valence-corrected chi connectivity index (χ1v) is 9.72. The number of fused-ring (bicyclic) bond motifs is 2. The van der Waals surface area contributed by atoms with Crippen LogP contribution in [-0.4, -0.2) is 29.1 Å². The van der Waals surface area contributed by atoms with Crippen molar-refractivity contribution >= 4 is 11.7 Å². The van der Waals surface area contributed by atoms with E-state index in [2.05, 4.69) is 15.5 Å². The molecule has 2 atom stereocenters. The molecule has 2 unspecified atom stereocenters. The number of carbonyl (C=O) groups excluding carboxylic acids is 1. The zero-order chi connectivity index (χ0) is 18.8. The number of rotatable bonds is 4. The van der Waals surface area contributed by atoms with Gasteiger partial charge >= 0.3 is 6.03 Å². The number of hydrogen-bond donors (Lipinski definition) is 2. The van der Waals surface area contributed by atoms with Gasteiger partial charge in [0.15, 0.2) is 0 Å². The van der Waals surface area contributed by atoms with Gasteiger partial charge in [-0.3, -0.25) is 4.90 Å². The number of aryl methyl sites for hydroxylation is 1. The third-order valence-corrected chi connectivity index (χ3v) is 5.89. The molecule has 142 valence electrons. The lowest BCUT2D eigenvalue weighted by Crippen LogP contribution is -2.50. The number of urea groups is 1. The molecule has 0 saturated carbocycles. The van der Waals surface area contributed by atoms with Gasteiger partial charge in [-0.05, 0) is 61.9 Å². The number of amides is 2. The number of benzene rings is 2. The molecule has 5 heteroatoms.